The van der Waals surface area contributed by atoms with Gasteiger partial charge in [0.05, 0.1) is 18.2 Å². The third kappa shape index (κ3) is 4.94. The van der Waals surface area contributed by atoms with Crippen LogP contribution < -0.4 is 4.74 Å². The first-order chi connectivity index (χ1) is 8.15. The molecule has 0 bridgehead atoms. The fraction of sp³-hybridized carbons (Fsp3) is 0.538. The lowest BCUT2D eigenvalue weighted by atomic mass is 10.2. The first-order valence-electron chi connectivity index (χ1n) is 5.74. The molecule has 0 aliphatic rings. The van der Waals surface area contributed by atoms with E-state index in [1.165, 1.54) is 0 Å². The number of benzene rings is 1. The summed E-state index contributed by atoms with van der Waals surface area (Å²) in [5.74, 6) is 1.06. The van der Waals surface area contributed by atoms with Gasteiger partial charge in [-0.2, -0.15) is 0 Å². The molecule has 0 radical (unpaired) electrons. The molecule has 0 aromatic heterocycles. The average molecular weight is 259 g/mol. The number of rotatable bonds is 7. The minimum Gasteiger partial charge on any atom is -0.489 e. The standard InChI is InChI=1S/C13H19ClO3/c1-10(2)9-16-6-7-17-13-11(8-15)4-3-5-12(13)14/h3-5,10,15H,6-9H2,1-2H3. The fourth-order valence-corrected chi connectivity index (χ4v) is 1.61. The van der Waals surface area contributed by atoms with E-state index in [1.54, 1.807) is 18.2 Å². The summed E-state index contributed by atoms with van der Waals surface area (Å²) in [6, 6.07) is 5.32. The maximum Gasteiger partial charge on any atom is 0.143 e. The highest BCUT2D eigenvalue weighted by atomic mass is 35.5. The summed E-state index contributed by atoms with van der Waals surface area (Å²) in [4.78, 5) is 0. The van der Waals surface area contributed by atoms with Crippen LogP contribution in [-0.2, 0) is 11.3 Å². The second-order valence-electron chi connectivity index (χ2n) is 4.20. The SMILES string of the molecule is CC(C)COCCOc1c(Cl)cccc1CO. The minimum absolute atomic E-state index is 0.0806. The van der Waals surface area contributed by atoms with Gasteiger partial charge in [0.2, 0.25) is 0 Å². The molecule has 17 heavy (non-hydrogen) atoms. The Bertz CT molecular complexity index is 339. The van der Waals surface area contributed by atoms with Crippen LogP contribution in [0.15, 0.2) is 18.2 Å². The topological polar surface area (TPSA) is 38.7 Å². The Morgan fingerprint density at radius 1 is 1.29 bits per heavy atom. The van der Waals surface area contributed by atoms with Crippen LogP contribution >= 0.6 is 11.6 Å². The Morgan fingerprint density at radius 2 is 2.06 bits per heavy atom. The molecule has 4 heteroatoms. The summed E-state index contributed by atoms with van der Waals surface area (Å²) in [6.45, 7) is 5.79. The van der Waals surface area contributed by atoms with Crippen LogP contribution in [0, 0.1) is 5.92 Å². The molecule has 0 aliphatic carbocycles. The predicted octanol–water partition coefficient (Wildman–Crippen LogP) is 2.88. The second kappa shape index (κ2) is 7.54. The van der Waals surface area contributed by atoms with E-state index >= 15 is 0 Å². The molecule has 0 unspecified atom stereocenters. The molecule has 0 amide bonds. The molecule has 0 aliphatic heterocycles. The number of aliphatic hydroxyl groups is 1. The van der Waals surface area contributed by atoms with Crippen LogP contribution in [0.3, 0.4) is 0 Å². The number of halogens is 1. The molecule has 1 rings (SSSR count). The van der Waals surface area contributed by atoms with E-state index in [4.69, 9.17) is 26.2 Å². The van der Waals surface area contributed by atoms with E-state index in [1.807, 2.05) is 0 Å². The van der Waals surface area contributed by atoms with Gasteiger partial charge >= 0.3 is 0 Å². The number of ether oxygens (including phenoxy) is 2. The van der Waals surface area contributed by atoms with Crippen molar-refractivity contribution in [2.45, 2.75) is 20.5 Å². The highest BCUT2D eigenvalue weighted by Crippen LogP contribution is 2.28. The monoisotopic (exact) mass is 258 g/mol. The average Bonchev–Trinajstić information content (AvgIpc) is 2.30. The maximum atomic E-state index is 9.15. The first kappa shape index (κ1) is 14.3. The summed E-state index contributed by atoms with van der Waals surface area (Å²) in [5, 5.41) is 9.66. The molecule has 0 spiro atoms. The van der Waals surface area contributed by atoms with Crippen LogP contribution in [0.25, 0.3) is 0 Å². The summed E-state index contributed by atoms with van der Waals surface area (Å²) in [6.07, 6.45) is 0. The van der Waals surface area contributed by atoms with Gasteiger partial charge in [0, 0.05) is 12.2 Å². The summed E-state index contributed by atoms with van der Waals surface area (Å²) >= 11 is 5.99. The van der Waals surface area contributed by atoms with E-state index in [2.05, 4.69) is 13.8 Å². The lowest BCUT2D eigenvalue weighted by Crippen LogP contribution is -2.11. The lowest BCUT2D eigenvalue weighted by molar-refractivity contribution is 0.0812. The van der Waals surface area contributed by atoms with Crippen molar-refractivity contribution in [2.24, 2.45) is 5.92 Å². The van der Waals surface area contributed by atoms with Crippen molar-refractivity contribution in [2.75, 3.05) is 19.8 Å². The Balaban J connectivity index is 2.40. The van der Waals surface area contributed by atoms with E-state index in [-0.39, 0.29) is 6.61 Å². The largest absolute Gasteiger partial charge is 0.489 e. The first-order valence-corrected chi connectivity index (χ1v) is 6.11. The van der Waals surface area contributed by atoms with Crippen molar-refractivity contribution in [3.63, 3.8) is 0 Å². The molecule has 0 fully saturated rings. The molecular formula is C13H19ClO3. The van der Waals surface area contributed by atoms with Gasteiger partial charge in [-0.15, -0.1) is 0 Å². The van der Waals surface area contributed by atoms with Crippen LogP contribution in [0.5, 0.6) is 5.75 Å². The van der Waals surface area contributed by atoms with Crippen molar-refractivity contribution >= 4 is 11.6 Å². The molecule has 96 valence electrons. The Morgan fingerprint density at radius 3 is 2.71 bits per heavy atom. The zero-order valence-electron chi connectivity index (χ0n) is 10.3. The van der Waals surface area contributed by atoms with Crippen LogP contribution in [0.1, 0.15) is 19.4 Å². The zero-order valence-corrected chi connectivity index (χ0v) is 11.0. The number of hydrogen-bond acceptors (Lipinski definition) is 3. The number of hydrogen-bond donors (Lipinski definition) is 1. The Labute approximate surface area is 107 Å². The van der Waals surface area contributed by atoms with Gasteiger partial charge in [0.15, 0.2) is 0 Å². The molecule has 0 heterocycles. The van der Waals surface area contributed by atoms with E-state index in [0.717, 1.165) is 6.61 Å². The third-order valence-electron chi connectivity index (χ3n) is 2.14. The van der Waals surface area contributed by atoms with E-state index in [9.17, 15) is 0 Å². The smallest absolute Gasteiger partial charge is 0.143 e. The van der Waals surface area contributed by atoms with Crippen molar-refractivity contribution in [1.82, 2.24) is 0 Å². The second-order valence-corrected chi connectivity index (χ2v) is 4.61. The molecule has 1 aromatic carbocycles. The maximum absolute atomic E-state index is 9.15. The lowest BCUT2D eigenvalue weighted by Gasteiger charge is -2.12. The molecule has 1 aromatic rings. The molecule has 0 saturated carbocycles. The molecule has 1 N–H and O–H groups in total. The van der Waals surface area contributed by atoms with Gasteiger partial charge in [0.25, 0.3) is 0 Å². The van der Waals surface area contributed by atoms with Crippen molar-refractivity contribution in [3.8, 4) is 5.75 Å². The van der Waals surface area contributed by atoms with Crippen molar-refractivity contribution in [3.05, 3.63) is 28.8 Å². The van der Waals surface area contributed by atoms with Crippen LogP contribution in [-0.4, -0.2) is 24.9 Å². The van der Waals surface area contributed by atoms with Gasteiger partial charge in [-0.3, -0.25) is 0 Å². The number of aliphatic hydroxyl groups excluding tert-OH is 1. The quantitative estimate of drug-likeness (QED) is 0.765. The van der Waals surface area contributed by atoms with Gasteiger partial charge < -0.3 is 14.6 Å². The predicted molar refractivity (Wildman–Crippen MR) is 68.5 cm³/mol. The third-order valence-corrected chi connectivity index (χ3v) is 2.44. The number of para-hydroxylation sites is 1. The van der Waals surface area contributed by atoms with Gasteiger partial charge in [-0.25, -0.2) is 0 Å². The van der Waals surface area contributed by atoms with Gasteiger partial charge in [-0.05, 0) is 12.0 Å². The van der Waals surface area contributed by atoms with E-state index in [0.29, 0.717) is 35.5 Å². The van der Waals surface area contributed by atoms with Crippen molar-refractivity contribution in [1.29, 1.82) is 0 Å². The minimum atomic E-state index is -0.0806. The van der Waals surface area contributed by atoms with Crippen LogP contribution in [0.2, 0.25) is 5.02 Å². The fourth-order valence-electron chi connectivity index (χ4n) is 1.36. The Kier molecular flexibility index (Phi) is 6.34. The van der Waals surface area contributed by atoms with Crippen molar-refractivity contribution < 1.29 is 14.6 Å². The molecular weight excluding hydrogens is 240 g/mol. The summed E-state index contributed by atoms with van der Waals surface area (Å²) < 4.78 is 10.9. The molecule has 0 saturated heterocycles. The summed E-state index contributed by atoms with van der Waals surface area (Å²) in [7, 11) is 0. The van der Waals surface area contributed by atoms with Gasteiger partial charge in [0.1, 0.15) is 12.4 Å². The summed E-state index contributed by atoms with van der Waals surface area (Å²) in [5.41, 5.74) is 0.696. The molecule has 3 nitrogen and oxygen atoms in total. The van der Waals surface area contributed by atoms with E-state index < -0.39 is 0 Å². The van der Waals surface area contributed by atoms with Gasteiger partial charge in [-0.1, -0.05) is 37.6 Å². The normalized spacial score (nSPS) is 10.9. The zero-order chi connectivity index (χ0) is 12.7. The molecule has 0 atom stereocenters. The van der Waals surface area contributed by atoms with Crippen LogP contribution in [0.4, 0.5) is 0 Å². The highest BCUT2D eigenvalue weighted by molar-refractivity contribution is 6.32. The Hall–Kier alpha value is -0.770. The highest BCUT2D eigenvalue weighted by Gasteiger charge is 2.07.